The maximum Gasteiger partial charge on any atom is 0.341 e. The quantitative estimate of drug-likeness (QED) is 0.137. The van der Waals surface area contributed by atoms with Gasteiger partial charge in [0.2, 0.25) is 6.79 Å². The van der Waals surface area contributed by atoms with Gasteiger partial charge in [0.05, 0.1) is 26.5 Å². The van der Waals surface area contributed by atoms with Gasteiger partial charge in [0.1, 0.15) is 6.61 Å². The first-order valence-corrected chi connectivity index (χ1v) is 8.05. The Morgan fingerprint density at radius 1 is 0.806 bits per heavy atom. The maximum absolute atomic E-state index is 12.0. The van der Waals surface area contributed by atoms with Gasteiger partial charge in [-0.05, 0) is 12.1 Å². The molecule has 14 nitrogen and oxygen atoms in total. The molecule has 0 aromatic heterocycles. The normalized spacial score (nSPS) is 10.3. The molecule has 31 heavy (non-hydrogen) atoms. The molecule has 2 aromatic carbocycles. The molecular weight excluding hydrogens is 424 g/mol. The molecule has 0 spiro atoms. The Labute approximate surface area is 171 Å². The molecule has 2 rings (SSSR count). The summed E-state index contributed by atoms with van der Waals surface area (Å²) >= 11 is 0. The van der Waals surface area contributed by atoms with Gasteiger partial charge in [-0.3, -0.25) is 20.2 Å². The van der Waals surface area contributed by atoms with Gasteiger partial charge in [0.15, 0.2) is 0 Å². The van der Waals surface area contributed by atoms with Crippen LogP contribution in [0, 0.1) is 20.2 Å². The Morgan fingerprint density at radius 3 is 1.90 bits per heavy atom. The Bertz CT molecular complexity index is 1070. The number of ether oxygens (including phenoxy) is 1. The summed E-state index contributed by atoms with van der Waals surface area (Å²) < 4.78 is 4.63. The summed E-state index contributed by atoms with van der Waals surface area (Å²) in [7, 11) is 0. The van der Waals surface area contributed by atoms with Gasteiger partial charge in [0, 0.05) is 29.8 Å². The summed E-state index contributed by atoms with van der Waals surface area (Å²) in [5.74, 6) is -4.15. The van der Waals surface area contributed by atoms with E-state index in [1.165, 1.54) is 0 Å². The highest BCUT2D eigenvalue weighted by molar-refractivity contribution is 6.03. The lowest BCUT2D eigenvalue weighted by Crippen LogP contribution is -2.14. The summed E-state index contributed by atoms with van der Waals surface area (Å²) in [6.07, 6.45) is 0. The molecule has 0 aliphatic heterocycles. The number of nitro benzene ring substituents is 2. The van der Waals surface area contributed by atoms with Gasteiger partial charge in [0.25, 0.3) is 11.4 Å². The van der Waals surface area contributed by atoms with Crippen LogP contribution in [0.3, 0.4) is 0 Å². The third kappa shape index (κ3) is 5.78. The molecule has 0 saturated heterocycles. The van der Waals surface area contributed by atoms with E-state index in [-0.39, 0.29) is 16.8 Å². The largest absolute Gasteiger partial charge is 0.478 e. The molecule has 0 heterocycles. The molecule has 0 fully saturated rings. The van der Waals surface area contributed by atoms with Crippen molar-refractivity contribution in [3.05, 3.63) is 78.9 Å². The number of carbonyl (C=O) groups excluding carboxylic acids is 1. The second-order valence-corrected chi connectivity index (χ2v) is 5.63. The lowest BCUT2D eigenvalue weighted by atomic mass is 10.1. The Hall–Kier alpha value is -4.43. The van der Waals surface area contributed by atoms with E-state index in [0.29, 0.717) is 0 Å². The number of benzene rings is 2. The monoisotopic (exact) mass is 436 g/mol. The van der Waals surface area contributed by atoms with Crippen molar-refractivity contribution in [3.63, 3.8) is 0 Å². The molecule has 0 saturated carbocycles. The molecule has 162 valence electrons. The lowest BCUT2D eigenvalue weighted by molar-refractivity contribution is -0.385. The molecular formula is C17H12N2O12. The van der Waals surface area contributed by atoms with Gasteiger partial charge in [-0.2, -0.15) is 4.89 Å². The van der Waals surface area contributed by atoms with Crippen LogP contribution in [0.4, 0.5) is 11.4 Å². The molecule has 0 aliphatic rings. The van der Waals surface area contributed by atoms with E-state index in [9.17, 15) is 34.6 Å². The fourth-order valence-corrected chi connectivity index (χ4v) is 2.32. The predicted molar refractivity (Wildman–Crippen MR) is 96.3 cm³/mol. The molecule has 0 radical (unpaired) electrons. The Kier molecular flexibility index (Phi) is 7.27. The van der Waals surface area contributed by atoms with Crippen LogP contribution in [-0.2, 0) is 21.1 Å². The summed E-state index contributed by atoms with van der Waals surface area (Å²) in [4.78, 5) is 63.7. The fourth-order valence-electron chi connectivity index (χ4n) is 2.32. The first kappa shape index (κ1) is 22.9. The average molecular weight is 436 g/mol. The highest BCUT2D eigenvalue weighted by Gasteiger charge is 2.22. The molecule has 0 aliphatic carbocycles. The highest BCUT2D eigenvalue weighted by atomic mass is 17.2. The zero-order chi connectivity index (χ0) is 23.1. The summed E-state index contributed by atoms with van der Waals surface area (Å²) in [6, 6.07) is 5.45. The topological polar surface area (TPSA) is 206 Å². The van der Waals surface area contributed by atoms with Crippen LogP contribution in [0.1, 0.15) is 36.6 Å². The number of nitro groups is 2. The van der Waals surface area contributed by atoms with Gasteiger partial charge >= 0.3 is 17.9 Å². The van der Waals surface area contributed by atoms with Gasteiger partial charge in [-0.15, -0.1) is 0 Å². The van der Waals surface area contributed by atoms with Crippen LogP contribution in [-0.4, -0.2) is 44.8 Å². The van der Waals surface area contributed by atoms with Crippen molar-refractivity contribution in [2.45, 2.75) is 6.61 Å². The van der Waals surface area contributed by atoms with E-state index in [1.54, 1.807) is 0 Å². The number of rotatable bonds is 10. The van der Waals surface area contributed by atoms with E-state index in [0.717, 1.165) is 36.4 Å². The molecule has 0 amide bonds. The summed E-state index contributed by atoms with van der Waals surface area (Å²) in [5.41, 5.74) is -2.45. The van der Waals surface area contributed by atoms with Gasteiger partial charge in [-0.25, -0.2) is 19.3 Å². The average Bonchev–Trinajstić information content (AvgIpc) is 2.72. The second kappa shape index (κ2) is 9.86. The molecule has 0 atom stereocenters. The number of hydrogen-bond acceptors (Lipinski definition) is 10. The highest BCUT2D eigenvalue weighted by Crippen LogP contribution is 2.20. The van der Waals surface area contributed by atoms with Crippen molar-refractivity contribution >= 4 is 29.3 Å². The first-order chi connectivity index (χ1) is 14.6. The van der Waals surface area contributed by atoms with Crippen LogP contribution in [0.25, 0.3) is 0 Å². The molecule has 0 unspecified atom stereocenters. The van der Waals surface area contributed by atoms with Crippen molar-refractivity contribution < 1.29 is 49.0 Å². The SMILES string of the molecule is O=C(O)c1ccc([N+](=O)[O-])cc1COOCOC(=O)c1cc([N+](=O)[O-])ccc1C(=O)O. The fraction of sp³-hybridized carbons (Fsp3) is 0.118. The Balaban J connectivity index is 2.00. The van der Waals surface area contributed by atoms with Gasteiger partial charge < -0.3 is 14.9 Å². The van der Waals surface area contributed by atoms with Crippen LogP contribution < -0.4 is 0 Å². The number of esters is 1. The minimum atomic E-state index is -1.52. The number of carboxylic acids is 2. The number of carbonyl (C=O) groups is 3. The van der Waals surface area contributed by atoms with E-state index in [2.05, 4.69) is 14.5 Å². The zero-order valence-corrected chi connectivity index (χ0v) is 15.2. The van der Waals surface area contributed by atoms with Crippen LogP contribution >= 0.6 is 0 Å². The number of carboxylic acid groups (broad SMARTS) is 2. The number of non-ortho nitro benzene ring substituents is 2. The van der Waals surface area contributed by atoms with E-state index in [1.807, 2.05) is 0 Å². The van der Waals surface area contributed by atoms with Crippen molar-refractivity contribution in [2.24, 2.45) is 0 Å². The van der Waals surface area contributed by atoms with Crippen molar-refractivity contribution in [2.75, 3.05) is 6.79 Å². The van der Waals surface area contributed by atoms with Gasteiger partial charge in [-0.1, -0.05) is 0 Å². The van der Waals surface area contributed by atoms with E-state index in [4.69, 9.17) is 10.2 Å². The standard InChI is InChI=1S/C17H12N2O12/c20-15(21)12-3-1-10(18(25)26)5-9(12)7-30-31-8-29-17(24)14-6-11(19(27)28)2-4-13(14)16(22)23/h1-6H,7-8H2,(H,20,21)(H,22,23). The number of hydrogen-bond donors (Lipinski definition) is 2. The van der Waals surface area contributed by atoms with E-state index < -0.39 is 58.0 Å². The zero-order valence-electron chi connectivity index (χ0n) is 15.2. The molecule has 14 heteroatoms. The van der Waals surface area contributed by atoms with Crippen LogP contribution in [0.15, 0.2) is 36.4 Å². The van der Waals surface area contributed by atoms with Crippen molar-refractivity contribution in [1.82, 2.24) is 0 Å². The van der Waals surface area contributed by atoms with E-state index >= 15 is 0 Å². The third-order valence-corrected chi connectivity index (χ3v) is 3.73. The Morgan fingerprint density at radius 2 is 1.35 bits per heavy atom. The molecule has 0 bridgehead atoms. The third-order valence-electron chi connectivity index (χ3n) is 3.73. The summed E-state index contributed by atoms with van der Waals surface area (Å²) in [6.45, 7) is -1.45. The number of nitrogens with zero attached hydrogens (tertiary/aromatic N) is 2. The minimum Gasteiger partial charge on any atom is -0.478 e. The second-order valence-electron chi connectivity index (χ2n) is 5.63. The minimum absolute atomic E-state index is 0.0973. The van der Waals surface area contributed by atoms with Crippen molar-refractivity contribution in [1.29, 1.82) is 0 Å². The van der Waals surface area contributed by atoms with Crippen LogP contribution in [0.2, 0.25) is 0 Å². The van der Waals surface area contributed by atoms with Crippen LogP contribution in [0.5, 0.6) is 0 Å². The first-order valence-electron chi connectivity index (χ1n) is 8.05. The smallest absolute Gasteiger partial charge is 0.341 e. The molecule has 2 aromatic rings. The molecule has 2 N–H and O–H groups in total. The number of aromatic carboxylic acids is 2. The van der Waals surface area contributed by atoms with Crippen molar-refractivity contribution in [3.8, 4) is 0 Å². The predicted octanol–water partition coefficient (Wildman–Crippen LogP) is 2.16. The lowest BCUT2D eigenvalue weighted by Gasteiger charge is -2.09. The maximum atomic E-state index is 12.0. The summed E-state index contributed by atoms with van der Waals surface area (Å²) in [5, 5.41) is 39.8.